The van der Waals surface area contributed by atoms with Gasteiger partial charge in [-0.05, 0) is 48.9 Å². The molecule has 1 aliphatic rings. The molecule has 0 aromatic heterocycles. The number of ether oxygens (including phenoxy) is 1. The van der Waals surface area contributed by atoms with Gasteiger partial charge in [0.2, 0.25) is 0 Å². The minimum Gasteiger partial charge on any atom is -0.494 e. The fourth-order valence-corrected chi connectivity index (χ4v) is 3.91. The van der Waals surface area contributed by atoms with E-state index in [2.05, 4.69) is 10.2 Å². The maximum atomic E-state index is 12.9. The number of hydrogen-bond donors (Lipinski definition) is 1. The van der Waals surface area contributed by atoms with E-state index in [0.29, 0.717) is 49.7 Å². The largest absolute Gasteiger partial charge is 0.494 e. The summed E-state index contributed by atoms with van der Waals surface area (Å²) in [6, 6.07) is 24.4. The number of carbonyl (C=O) groups is 2. The van der Waals surface area contributed by atoms with Crippen LogP contribution in [0, 0.1) is 0 Å². The summed E-state index contributed by atoms with van der Waals surface area (Å²) in [5, 5.41) is 3.05. The van der Waals surface area contributed by atoms with Crippen molar-refractivity contribution in [3.05, 3.63) is 90.0 Å². The van der Waals surface area contributed by atoms with Gasteiger partial charge in [0.1, 0.15) is 5.75 Å². The molecule has 0 radical (unpaired) electrons. The van der Waals surface area contributed by atoms with E-state index in [1.54, 1.807) is 12.1 Å². The summed E-state index contributed by atoms with van der Waals surface area (Å²) in [6.07, 6.45) is 0.911. The van der Waals surface area contributed by atoms with E-state index < -0.39 is 0 Å². The highest BCUT2D eigenvalue weighted by Crippen LogP contribution is 2.28. The zero-order chi connectivity index (χ0) is 23.0. The molecule has 0 saturated carbocycles. The summed E-state index contributed by atoms with van der Waals surface area (Å²) >= 11 is 0. The minimum absolute atomic E-state index is 0.0574. The molecular weight excluding hydrogens is 414 g/mol. The van der Waals surface area contributed by atoms with Crippen LogP contribution in [-0.4, -0.2) is 49.5 Å². The topological polar surface area (TPSA) is 61.9 Å². The smallest absolute Gasteiger partial charge is 0.255 e. The normalized spacial score (nSPS) is 13.5. The van der Waals surface area contributed by atoms with Crippen molar-refractivity contribution in [3.8, 4) is 5.75 Å². The second kappa shape index (κ2) is 10.7. The Morgan fingerprint density at radius 3 is 2.30 bits per heavy atom. The number of piperazine rings is 1. The van der Waals surface area contributed by atoms with Crippen LogP contribution < -0.4 is 15.0 Å². The van der Waals surface area contributed by atoms with Gasteiger partial charge in [0.25, 0.3) is 11.8 Å². The molecule has 0 aliphatic carbocycles. The zero-order valence-corrected chi connectivity index (χ0v) is 18.9. The number of para-hydroxylation sites is 2. The Hall–Kier alpha value is -3.80. The molecule has 33 heavy (non-hydrogen) atoms. The van der Waals surface area contributed by atoms with Gasteiger partial charge in [0.15, 0.2) is 0 Å². The molecule has 0 unspecified atom stereocenters. The standard InChI is InChI=1S/C27H29N3O3/c1-2-19-33-23-12-8-11-22(20-23)26(31)28-24-13-6-7-14-25(24)29-15-17-30(18-16-29)27(32)21-9-4-3-5-10-21/h3-14,20H,2,15-19H2,1H3,(H,28,31). The van der Waals surface area contributed by atoms with E-state index in [9.17, 15) is 9.59 Å². The van der Waals surface area contributed by atoms with Crippen molar-refractivity contribution in [2.24, 2.45) is 0 Å². The highest BCUT2D eigenvalue weighted by Gasteiger charge is 2.23. The van der Waals surface area contributed by atoms with Crippen molar-refractivity contribution in [1.29, 1.82) is 0 Å². The van der Waals surface area contributed by atoms with Crippen molar-refractivity contribution >= 4 is 23.2 Å². The van der Waals surface area contributed by atoms with E-state index >= 15 is 0 Å². The number of rotatable bonds is 7. The third-order valence-corrected chi connectivity index (χ3v) is 5.65. The van der Waals surface area contributed by atoms with Gasteiger partial charge in [0, 0.05) is 37.3 Å². The summed E-state index contributed by atoms with van der Waals surface area (Å²) < 4.78 is 5.66. The van der Waals surface area contributed by atoms with Crippen LogP contribution in [0.3, 0.4) is 0 Å². The van der Waals surface area contributed by atoms with Gasteiger partial charge in [-0.1, -0.05) is 43.3 Å². The van der Waals surface area contributed by atoms with Gasteiger partial charge in [-0.2, -0.15) is 0 Å². The maximum absolute atomic E-state index is 12.9. The molecule has 0 atom stereocenters. The summed E-state index contributed by atoms with van der Waals surface area (Å²) in [6.45, 7) is 5.33. The highest BCUT2D eigenvalue weighted by molar-refractivity contribution is 6.06. The Kier molecular flexibility index (Phi) is 7.25. The number of carbonyl (C=O) groups excluding carboxylic acids is 2. The first-order chi connectivity index (χ1) is 16.2. The van der Waals surface area contributed by atoms with Gasteiger partial charge in [-0.3, -0.25) is 9.59 Å². The summed E-state index contributed by atoms with van der Waals surface area (Å²) in [7, 11) is 0. The molecule has 1 fully saturated rings. The molecular formula is C27H29N3O3. The number of nitrogens with one attached hydrogen (secondary N) is 1. The second-order valence-electron chi connectivity index (χ2n) is 7.99. The molecule has 6 heteroatoms. The summed E-state index contributed by atoms with van der Waals surface area (Å²) in [5.74, 6) is 0.571. The van der Waals surface area contributed by atoms with Gasteiger partial charge in [-0.15, -0.1) is 0 Å². The van der Waals surface area contributed by atoms with E-state index in [4.69, 9.17) is 4.74 Å². The molecule has 2 amide bonds. The maximum Gasteiger partial charge on any atom is 0.255 e. The van der Waals surface area contributed by atoms with Crippen LogP contribution >= 0.6 is 0 Å². The third-order valence-electron chi connectivity index (χ3n) is 5.65. The lowest BCUT2D eigenvalue weighted by molar-refractivity contribution is 0.0746. The fraction of sp³-hybridized carbons (Fsp3) is 0.259. The molecule has 4 rings (SSSR count). The number of hydrogen-bond acceptors (Lipinski definition) is 4. The molecule has 3 aromatic rings. The van der Waals surface area contributed by atoms with E-state index in [0.717, 1.165) is 17.8 Å². The SMILES string of the molecule is CCCOc1cccc(C(=O)Nc2ccccc2N2CCN(C(=O)c3ccccc3)CC2)c1. The average molecular weight is 444 g/mol. The summed E-state index contributed by atoms with van der Waals surface area (Å²) in [4.78, 5) is 29.8. The number of amides is 2. The lowest BCUT2D eigenvalue weighted by Crippen LogP contribution is -2.49. The molecule has 170 valence electrons. The van der Waals surface area contributed by atoms with Crippen LogP contribution in [0.1, 0.15) is 34.1 Å². The van der Waals surface area contributed by atoms with Crippen molar-refractivity contribution < 1.29 is 14.3 Å². The number of anilines is 2. The molecule has 1 aliphatic heterocycles. The number of nitrogens with zero attached hydrogens (tertiary/aromatic N) is 2. The predicted molar refractivity (Wildman–Crippen MR) is 131 cm³/mol. The lowest BCUT2D eigenvalue weighted by Gasteiger charge is -2.37. The zero-order valence-electron chi connectivity index (χ0n) is 18.9. The van der Waals surface area contributed by atoms with Gasteiger partial charge >= 0.3 is 0 Å². The van der Waals surface area contributed by atoms with Crippen LogP contribution in [0.4, 0.5) is 11.4 Å². The van der Waals surface area contributed by atoms with Crippen molar-refractivity contribution in [2.45, 2.75) is 13.3 Å². The molecule has 1 saturated heterocycles. The Bertz CT molecular complexity index is 1090. The minimum atomic E-state index is -0.178. The van der Waals surface area contributed by atoms with Gasteiger partial charge < -0.3 is 19.9 Å². The Labute approximate surface area is 194 Å². The van der Waals surface area contributed by atoms with E-state index in [1.807, 2.05) is 78.6 Å². The van der Waals surface area contributed by atoms with Crippen LogP contribution in [-0.2, 0) is 0 Å². The average Bonchev–Trinajstić information content (AvgIpc) is 2.88. The Morgan fingerprint density at radius 2 is 1.55 bits per heavy atom. The van der Waals surface area contributed by atoms with Crippen LogP contribution in [0.25, 0.3) is 0 Å². The number of benzene rings is 3. The van der Waals surface area contributed by atoms with E-state index in [-0.39, 0.29) is 11.8 Å². The van der Waals surface area contributed by atoms with Gasteiger partial charge in [0.05, 0.1) is 18.0 Å². The van der Waals surface area contributed by atoms with Crippen LogP contribution in [0.5, 0.6) is 5.75 Å². The molecule has 6 nitrogen and oxygen atoms in total. The first-order valence-corrected chi connectivity index (χ1v) is 11.4. The molecule has 3 aromatic carbocycles. The Balaban J connectivity index is 1.42. The fourth-order valence-electron chi connectivity index (χ4n) is 3.91. The van der Waals surface area contributed by atoms with Crippen molar-refractivity contribution in [1.82, 2.24) is 4.90 Å². The molecule has 1 heterocycles. The van der Waals surface area contributed by atoms with E-state index in [1.165, 1.54) is 0 Å². The monoisotopic (exact) mass is 443 g/mol. The third kappa shape index (κ3) is 5.52. The first-order valence-electron chi connectivity index (χ1n) is 11.4. The highest BCUT2D eigenvalue weighted by atomic mass is 16.5. The van der Waals surface area contributed by atoms with Crippen LogP contribution in [0.2, 0.25) is 0 Å². The van der Waals surface area contributed by atoms with Crippen LogP contribution in [0.15, 0.2) is 78.9 Å². The summed E-state index contributed by atoms with van der Waals surface area (Å²) in [5.41, 5.74) is 2.97. The van der Waals surface area contributed by atoms with Gasteiger partial charge in [-0.25, -0.2) is 0 Å². The lowest BCUT2D eigenvalue weighted by atomic mass is 10.1. The predicted octanol–water partition coefficient (Wildman–Crippen LogP) is 4.69. The first kappa shape index (κ1) is 22.4. The second-order valence-corrected chi connectivity index (χ2v) is 7.99. The molecule has 1 N–H and O–H groups in total. The van der Waals surface area contributed by atoms with Crippen molar-refractivity contribution in [3.63, 3.8) is 0 Å². The Morgan fingerprint density at radius 1 is 0.848 bits per heavy atom. The molecule has 0 bridgehead atoms. The quantitative estimate of drug-likeness (QED) is 0.576. The molecule has 0 spiro atoms. The van der Waals surface area contributed by atoms with Crippen molar-refractivity contribution in [2.75, 3.05) is 43.0 Å².